The van der Waals surface area contributed by atoms with E-state index in [0.29, 0.717) is 17.2 Å². The first-order chi connectivity index (χ1) is 18.8. The fourth-order valence-electron chi connectivity index (χ4n) is 5.82. The summed E-state index contributed by atoms with van der Waals surface area (Å²) in [4.78, 5) is 26.5. The Balaban J connectivity index is 1.44. The number of carbonyl (C=O) groups excluding carboxylic acids is 2. The summed E-state index contributed by atoms with van der Waals surface area (Å²) in [6, 6.07) is 24.3. The number of benzene rings is 4. The number of esters is 1. The smallest absolute Gasteiger partial charge is 0.345 e. The molecular weight excluding hydrogens is 510 g/mol. The van der Waals surface area contributed by atoms with Crippen molar-refractivity contribution in [2.24, 2.45) is 5.41 Å². The number of ether oxygens (including phenoxy) is 2. The summed E-state index contributed by atoms with van der Waals surface area (Å²) in [6.45, 7) is 4.31. The van der Waals surface area contributed by atoms with Crippen LogP contribution in [0.1, 0.15) is 54.2 Å². The minimum atomic E-state index is -0.571. The van der Waals surface area contributed by atoms with E-state index in [0.717, 1.165) is 45.2 Å². The summed E-state index contributed by atoms with van der Waals surface area (Å²) in [6.07, 6.45) is 1.28. The molecule has 4 aromatic rings. The number of methoxy groups -OCH3 is 1. The summed E-state index contributed by atoms with van der Waals surface area (Å²) in [5.74, 6) is 0.242. The molecule has 4 aromatic carbocycles. The van der Waals surface area contributed by atoms with Gasteiger partial charge in [-0.3, -0.25) is 4.79 Å². The van der Waals surface area contributed by atoms with Gasteiger partial charge in [-0.2, -0.15) is 0 Å². The van der Waals surface area contributed by atoms with Gasteiger partial charge in [-0.25, -0.2) is 4.79 Å². The quantitative estimate of drug-likeness (QED) is 0.211. The average Bonchev–Trinajstić information content (AvgIpc) is 2.92. The Morgan fingerprint density at radius 1 is 0.949 bits per heavy atom. The van der Waals surface area contributed by atoms with E-state index in [2.05, 4.69) is 43.4 Å². The van der Waals surface area contributed by atoms with Gasteiger partial charge >= 0.3 is 5.97 Å². The van der Waals surface area contributed by atoms with Crippen LogP contribution in [-0.4, -0.2) is 18.9 Å². The number of halogens is 1. The zero-order chi connectivity index (χ0) is 27.3. The van der Waals surface area contributed by atoms with E-state index in [1.54, 1.807) is 30.3 Å². The molecule has 1 aliphatic carbocycles. The molecule has 0 amide bonds. The molecule has 0 bridgehead atoms. The van der Waals surface area contributed by atoms with Crippen molar-refractivity contribution in [3.8, 4) is 11.5 Å². The van der Waals surface area contributed by atoms with Crippen LogP contribution in [0.3, 0.4) is 0 Å². The van der Waals surface area contributed by atoms with Gasteiger partial charge in [0.2, 0.25) is 0 Å². The largest absolute Gasteiger partial charge is 0.493 e. The van der Waals surface area contributed by atoms with Crippen LogP contribution in [0.5, 0.6) is 11.5 Å². The van der Waals surface area contributed by atoms with Gasteiger partial charge in [0.1, 0.15) is 0 Å². The molecule has 1 aliphatic heterocycles. The van der Waals surface area contributed by atoms with Crippen LogP contribution < -0.4 is 14.8 Å². The molecule has 0 fully saturated rings. The van der Waals surface area contributed by atoms with Gasteiger partial charge in [0, 0.05) is 23.2 Å². The predicted octanol–water partition coefficient (Wildman–Crippen LogP) is 8.03. The Hall–Kier alpha value is -4.09. The van der Waals surface area contributed by atoms with Crippen LogP contribution in [0, 0.1) is 5.41 Å². The molecular formula is C33H28ClNO4. The van der Waals surface area contributed by atoms with Crippen molar-refractivity contribution < 1.29 is 19.1 Å². The van der Waals surface area contributed by atoms with Crippen LogP contribution in [0.2, 0.25) is 5.02 Å². The van der Waals surface area contributed by atoms with Crippen LogP contribution in [-0.2, 0) is 4.79 Å². The summed E-state index contributed by atoms with van der Waals surface area (Å²) < 4.78 is 11.3. The SMILES string of the molecule is COc1cc([C@@H]2Nc3ccc4ccccc4c3C3=C2C(=O)CC(C)(C)C3)ccc1OC(=O)c1ccccc1Cl. The number of rotatable bonds is 4. The molecule has 196 valence electrons. The molecule has 6 rings (SSSR count). The summed E-state index contributed by atoms with van der Waals surface area (Å²) in [5, 5.41) is 6.24. The van der Waals surface area contributed by atoms with Crippen LogP contribution >= 0.6 is 11.6 Å². The first-order valence-corrected chi connectivity index (χ1v) is 13.3. The van der Waals surface area contributed by atoms with Crippen molar-refractivity contribution in [1.29, 1.82) is 0 Å². The Labute approximate surface area is 232 Å². The van der Waals surface area contributed by atoms with Crippen LogP contribution in [0.4, 0.5) is 5.69 Å². The summed E-state index contributed by atoms with van der Waals surface area (Å²) >= 11 is 6.18. The molecule has 0 spiro atoms. The Morgan fingerprint density at radius 2 is 1.72 bits per heavy atom. The van der Waals surface area contributed by atoms with Crippen LogP contribution in [0.15, 0.2) is 84.4 Å². The van der Waals surface area contributed by atoms with E-state index in [-0.39, 0.29) is 28.6 Å². The van der Waals surface area contributed by atoms with Gasteiger partial charge < -0.3 is 14.8 Å². The normalized spacial score (nSPS) is 17.7. The highest BCUT2D eigenvalue weighted by atomic mass is 35.5. The second kappa shape index (κ2) is 9.58. The average molecular weight is 538 g/mol. The summed E-state index contributed by atoms with van der Waals surface area (Å²) in [5.41, 5.74) is 4.98. The lowest BCUT2D eigenvalue weighted by atomic mass is 9.68. The van der Waals surface area contributed by atoms with Gasteiger partial charge in [0.25, 0.3) is 0 Å². The van der Waals surface area contributed by atoms with E-state index in [9.17, 15) is 9.59 Å². The lowest BCUT2D eigenvalue weighted by Gasteiger charge is -2.40. The van der Waals surface area contributed by atoms with E-state index in [1.165, 1.54) is 7.11 Å². The number of ketones is 1. The Bertz CT molecular complexity index is 1690. The molecule has 0 saturated carbocycles. The van der Waals surface area contributed by atoms with Gasteiger partial charge in [-0.05, 0) is 64.1 Å². The molecule has 2 aliphatic rings. The molecule has 1 heterocycles. The molecule has 5 nitrogen and oxygen atoms in total. The standard InChI is InChI=1S/C33H28ClNO4/c1-33(2)17-23-29-21-9-5-4-8-19(21)12-14-25(29)35-31(30(23)26(36)18-33)20-13-15-27(28(16-20)38-3)39-32(37)22-10-6-7-11-24(22)34/h4-16,31,35H,17-18H2,1-3H3/t31-/m0/s1. The second-order valence-electron chi connectivity index (χ2n) is 10.9. The number of anilines is 1. The van der Waals surface area contributed by atoms with Crippen molar-refractivity contribution in [2.45, 2.75) is 32.7 Å². The zero-order valence-electron chi connectivity index (χ0n) is 22.0. The highest BCUT2D eigenvalue weighted by molar-refractivity contribution is 6.33. The van der Waals surface area contributed by atoms with Crippen molar-refractivity contribution in [3.63, 3.8) is 0 Å². The Kier molecular flexibility index (Phi) is 6.19. The lowest BCUT2D eigenvalue weighted by molar-refractivity contribution is -0.118. The maximum Gasteiger partial charge on any atom is 0.345 e. The molecule has 0 radical (unpaired) electrons. The van der Waals surface area contributed by atoms with E-state index in [1.807, 2.05) is 24.3 Å². The molecule has 0 unspecified atom stereocenters. The maximum atomic E-state index is 13.7. The first kappa shape index (κ1) is 25.2. The highest BCUT2D eigenvalue weighted by Gasteiger charge is 2.41. The number of hydrogen-bond acceptors (Lipinski definition) is 5. The van der Waals surface area contributed by atoms with Crippen molar-refractivity contribution in [3.05, 3.63) is 106 Å². The first-order valence-electron chi connectivity index (χ1n) is 13.0. The Morgan fingerprint density at radius 3 is 2.51 bits per heavy atom. The van der Waals surface area contributed by atoms with Gasteiger partial charge in [-0.15, -0.1) is 0 Å². The number of carbonyl (C=O) groups is 2. The van der Waals surface area contributed by atoms with E-state index in [4.69, 9.17) is 21.1 Å². The van der Waals surface area contributed by atoms with E-state index >= 15 is 0 Å². The summed E-state index contributed by atoms with van der Waals surface area (Å²) in [7, 11) is 1.53. The number of nitrogens with one attached hydrogen (secondary N) is 1. The molecule has 0 aromatic heterocycles. The number of allylic oxidation sites excluding steroid dienone is 1. The fraction of sp³-hybridized carbons (Fsp3) is 0.212. The predicted molar refractivity (Wildman–Crippen MR) is 155 cm³/mol. The van der Waals surface area contributed by atoms with Crippen molar-refractivity contribution in [1.82, 2.24) is 0 Å². The van der Waals surface area contributed by atoms with Gasteiger partial charge in [0.05, 0.1) is 23.7 Å². The number of hydrogen-bond donors (Lipinski definition) is 1. The number of Topliss-reactive ketones (excluding diaryl/α,β-unsaturated/α-hetero) is 1. The molecule has 1 N–H and O–H groups in total. The maximum absolute atomic E-state index is 13.7. The minimum absolute atomic E-state index is 0.138. The van der Waals surface area contributed by atoms with E-state index < -0.39 is 5.97 Å². The fourth-order valence-corrected chi connectivity index (χ4v) is 6.03. The van der Waals surface area contributed by atoms with Gasteiger partial charge in [-0.1, -0.05) is 74.0 Å². The topological polar surface area (TPSA) is 64.6 Å². The minimum Gasteiger partial charge on any atom is -0.493 e. The number of fused-ring (bicyclic) bond motifs is 4. The molecule has 1 atom stereocenters. The van der Waals surface area contributed by atoms with Crippen molar-refractivity contribution in [2.75, 3.05) is 12.4 Å². The molecule has 0 saturated heterocycles. The van der Waals surface area contributed by atoms with Gasteiger partial charge in [0.15, 0.2) is 17.3 Å². The van der Waals surface area contributed by atoms with Crippen LogP contribution in [0.25, 0.3) is 16.3 Å². The third-order valence-electron chi connectivity index (χ3n) is 7.56. The second-order valence-corrected chi connectivity index (χ2v) is 11.3. The lowest BCUT2D eigenvalue weighted by Crippen LogP contribution is -2.33. The highest BCUT2D eigenvalue weighted by Crippen LogP contribution is 2.52. The third kappa shape index (κ3) is 4.47. The third-order valence-corrected chi connectivity index (χ3v) is 7.89. The molecule has 6 heteroatoms. The monoisotopic (exact) mass is 537 g/mol. The molecule has 39 heavy (non-hydrogen) atoms. The van der Waals surface area contributed by atoms with Crippen molar-refractivity contribution >= 4 is 45.4 Å². The zero-order valence-corrected chi connectivity index (χ0v) is 22.8.